The van der Waals surface area contributed by atoms with Gasteiger partial charge in [-0.05, 0) is 12.1 Å². The fourth-order valence-electron chi connectivity index (χ4n) is 1.44. The first kappa shape index (κ1) is 11.8. The molecule has 2 N–H and O–H groups in total. The van der Waals surface area contributed by atoms with Crippen LogP contribution in [-0.4, -0.2) is 24.8 Å². The molecule has 3 aromatic rings. The van der Waals surface area contributed by atoms with Crippen LogP contribution in [0.2, 0.25) is 0 Å². The first-order valence-electron chi connectivity index (χ1n) is 4.96. The molecule has 0 aliphatic carbocycles. The first-order valence-corrected chi connectivity index (χ1v) is 5.78. The highest BCUT2D eigenvalue weighted by atomic mass is 32.1. The van der Waals surface area contributed by atoms with Gasteiger partial charge in [0.15, 0.2) is 0 Å². The number of hydrogen-bond donors (Lipinski definition) is 1. The van der Waals surface area contributed by atoms with Crippen LogP contribution in [0.4, 0.5) is 19.0 Å². The number of anilines is 1. The van der Waals surface area contributed by atoms with Crippen LogP contribution < -0.4 is 5.73 Å². The molecule has 0 radical (unpaired) electrons. The summed E-state index contributed by atoms with van der Waals surface area (Å²) in [5, 5.41) is 10.7. The second-order valence-electron chi connectivity index (χ2n) is 3.59. The highest BCUT2D eigenvalue weighted by molar-refractivity contribution is 7.19. The van der Waals surface area contributed by atoms with E-state index in [-0.39, 0.29) is 4.96 Å². The summed E-state index contributed by atoms with van der Waals surface area (Å²) >= 11 is 0.991. The van der Waals surface area contributed by atoms with Crippen molar-refractivity contribution in [2.45, 2.75) is 6.18 Å². The van der Waals surface area contributed by atoms with E-state index in [0.717, 1.165) is 11.3 Å². The summed E-state index contributed by atoms with van der Waals surface area (Å²) in [5.41, 5.74) is 6.00. The maximum absolute atomic E-state index is 12.6. The largest absolute Gasteiger partial charge is 0.453 e. The monoisotopic (exact) mass is 286 g/mol. The van der Waals surface area contributed by atoms with Gasteiger partial charge in [-0.3, -0.25) is 0 Å². The van der Waals surface area contributed by atoms with E-state index in [1.54, 1.807) is 12.1 Å². The van der Waals surface area contributed by atoms with E-state index < -0.39 is 12.0 Å². The Kier molecular flexibility index (Phi) is 2.42. The molecule has 98 valence electrons. The first-order chi connectivity index (χ1) is 8.95. The van der Waals surface area contributed by atoms with Crippen molar-refractivity contribution in [1.29, 1.82) is 0 Å². The SMILES string of the molecule is Nc1ccc(-c2nn3c(C(F)(F)F)nnc3s2)cn1. The standard InChI is InChI=1S/C9H5F3N6S/c10-9(11,12)7-15-16-8-18(7)17-6(19-8)4-1-2-5(13)14-3-4/h1-3H,(H2,13,14). The molecule has 6 nitrogen and oxygen atoms in total. The highest BCUT2D eigenvalue weighted by Crippen LogP contribution is 2.31. The van der Waals surface area contributed by atoms with Crippen LogP contribution >= 0.6 is 11.3 Å². The van der Waals surface area contributed by atoms with Crippen molar-refractivity contribution in [3.63, 3.8) is 0 Å². The van der Waals surface area contributed by atoms with Gasteiger partial charge in [-0.25, -0.2) is 4.98 Å². The Bertz CT molecular complexity index is 729. The van der Waals surface area contributed by atoms with Gasteiger partial charge < -0.3 is 5.73 Å². The summed E-state index contributed by atoms with van der Waals surface area (Å²) in [6.07, 6.45) is -3.15. The minimum absolute atomic E-state index is 0.0687. The topological polar surface area (TPSA) is 82.0 Å². The second-order valence-corrected chi connectivity index (χ2v) is 4.55. The molecule has 0 fully saturated rings. The molecule has 10 heteroatoms. The van der Waals surface area contributed by atoms with Crippen molar-refractivity contribution >= 4 is 22.1 Å². The molecule has 0 amide bonds. The van der Waals surface area contributed by atoms with Crippen LogP contribution in [0.25, 0.3) is 15.5 Å². The lowest BCUT2D eigenvalue weighted by Gasteiger charge is -2.00. The number of alkyl halides is 3. The summed E-state index contributed by atoms with van der Waals surface area (Å²) in [6.45, 7) is 0. The molecule has 0 unspecified atom stereocenters. The molecular weight excluding hydrogens is 281 g/mol. The number of nitrogens with two attached hydrogens (primary N) is 1. The third-order valence-electron chi connectivity index (χ3n) is 2.28. The maximum Gasteiger partial charge on any atom is 0.453 e. The van der Waals surface area contributed by atoms with Crippen molar-refractivity contribution < 1.29 is 13.2 Å². The molecule has 0 spiro atoms. The van der Waals surface area contributed by atoms with Gasteiger partial charge in [-0.1, -0.05) is 11.3 Å². The molecule has 3 heterocycles. The Morgan fingerprint density at radius 2 is 2.00 bits per heavy atom. The number of nitrogen functional groups attached to an aromatic ring is 1. The van der Waals surface area contributed by atoms with Gasteiger partial charge in [0.1, 0.15) is 10.8 Å². The zero-order chi connectivity index (χ0) is 13.6. The Morgan fingerprint density at radius 1 is 1.21 bits per heavy atom. The second kappa shape index (κ2) is 3.88. The maximum atomic E-state index is 12.6. The smallest absolute Gasteiger partial charge is 0.384 e. The van der Waals surface area contributed by atoms with Crippen LogP contribution in [0.3, 0.4) is 0 Å². The van der Waals surface area contributed by atoms with Gasteiger partial charge in [-0.2, -0.15) is 22.8 Å². The molecule has 3 aromatic heterocycles. The van der Waals surface area contributed by atoms with Crippen molar-refractivity contribution in [2.24, 2.45) is 0 Å². The summed E-state index contributed by atoms with van der Waals surface area (Å²) in [4.78, 5) is 3.93. The van der Waals surface area contributed by atoms with Crippen LogP contribution in [-0.2, 0) is 6.18 Å². The van der Waals surface area contributed by atoms with Gasteiger partial charge >= 0.3 is 6.18 Å². The van der Waals surface area contributed by atoms with Gasteiger partial charge in [-0.15, -0.1) is 10.2 Å². The minimum Gasteiger partial charge on any atom is -0.384 e. The summed E-state index contributed by atoms with van der Waals surface area (Å²) in [5.74, 6) is -0.823. The van der Waals surface area contributed by atoms with Crippen molar-refractivity contribution in [2.75, 3.05) is 5.73 Å². The molecular formula is C9H5F3N6S. The number of fused-ring (bicyclic) bond motifs is 1. The molecule has 19 heavy (non-hydrogen) atoms. The quantitative estimate of drug-likeness (QED) is 0.738. The molecule has 0 atom stereocenters. The lowest BCUT2D eigenvalue weighted by molar-refractivity contribution is -0.146. The molecule has 3 rings (SSSR count). The normalized spacial score (nSPS) is 12.2. The summed E-state index contributed by atoms with van der Waals surface area (Å²) < 4.78 is 38.6. The predicted molar refractivity (Wildman–Crippen MR) is 61.3 cm³/mol. The number of aromatic nitrogens is 5. The third kappa shape index (κ3) is 1.99. The van der Waals surface area contributed by atoms with Crippen LogP contribution in [0.5, 0.6) is 0 Å². The Balaban J connectivity index is 2.12. The van der Waals surface area contributed by atoms with E-state index in [0.29, 0.717) is 20.9 Å². The molecule has 0 bridgehead atoms. The zero-order valence-corrected chi connectivity index (χ0v) is 9.90. The number of nitrogens with zero attached hydrogens (tertiary/aromatic N) is 5. The third-order valence-corrected chi connectivity index (χ3v) is 3.23. The zero-order valence-electron chi connectivity index (χ0n) is 9.09. The van der Waals surface area contributed by atoms with Gasteiger partial charge in [0.2, 0.25) is 4.96 Å². The Hall–Kier alpha value is -2.23. The number of pyridine rings is 1. The van der Waals surface area contributed by atoms with Gasteiger partial charge in [0.25, 0.3) is 5.82 Å². The average Bonchev–Trinajstić information content (AvgIpc) is 2.87. The van der Waals surface area contributed by atoms with Crippen molar-refractivity contribution in [1.82, 2.24) is 24.8 Å². The lowest BCUT2D eigenvalue weighted by Crippen LogP contribution is -2.11. The Labute approximate surface area is 107 Å². The molecule has 0 aliphatic heterocycles. The number of rotatable bonds is 1. The van der Waals surface area contributed by atoms with Crippen molar-refractivity contribution in [3.8, 4) is 10.6 Å². The van der Waals surface area contributed by atoms with Gasteiger partial charge in [0.05, 0.1) is 0 Å². The van der Waals surface area contributed by atoms with E-state index in [1.165, 1.54) is 6.20 Å². The number of halogens is 3. The van der Waals surface area contributed by atoms with Crippen molar-refractivity contribution in [3.05, 3.63) is 24.2 Å². The molecule has 0 aliphatic rings. The Morgan fingerprint density at radius 3 is 2.63 bits per heavy atom. The fraction of sp³-hybridized carbons (Fsp3) is 0.111. The fourth-order valence-corrected chi connectivity index (χ4v) is 2.27. The van der Waals surface area contributed by atoms with E-state index in [1.807, 2.05) is 0 Å². The van der Waals surface area contributed by atoms with E-state index in [4.69, 9.17) is 5.73 Å². The molecule has 0 saturated heterocycles. The van der Waals surface area contributed by atoms with Crippen LogP contribution in [0, 0.1) is 0 Å². The lowest BCUT2D eigenvalue weighted by atomic mass is 10.3. The van der Waals surface area contributed by atoms with E-state index in [9.17, 15) is 13.2 Å². The minimum atomic E-state index is -4.59. The van der Waals surface area contributed by atoms with E-state index in [2.05, 4.69) is 20.3 Å². The van der Waals surface area contributed by atoms with E-state index >= 15 is 0 Å². The predicted octanol–water partition coefficient (Wildman–Crippen LogP) is 1.85. The molecule has 0 aromatic carbocycles. The number of hydrogen-bond acceptors (Lipinski definition) is 6. The molecule has 0 saturated carbocycles. The summed E-state index contributed by atoms with van der Waals surface area (Å²) in [6, 6.07) is 3.17. The highest BCUT2D eigenvalue weighted by Gasteiger charge is 2.38. The van der Waals surface area contributed by atoms with Crippen LogP contribution in [0.15, 0.2) is 18.3 Å². The van der Waals surface area contributed by atoms with Crippen LogP contribution in [0.1, 0.15) is 5.82 Å². The van der Waals surface area contributed by atoms with Gasteiger partial charge in [0, 0.05) is 11.8 Å². The average molecular weight is 286 g/mol. The summed E-state index contributed by atoms with van der Waals surface area (Å²) in [7, 11) is 0.